The van der Waals surface area contributed by atoms with E-state index >= 15 is 0 Å². The molecule has 30 heavy (non-hydrogen) atoms. The van der Waals surface area contributed by atoms with Gasteiger partial charge in [0.2, 0.25) is 5.91 Å². The maximum atomic E-state index is 13.4. The van der Waals surface area contributed by atoms with Crippen LogP contribution in [0, 0.1) is 17.7 Å². The molecule has 0 aliphatic rings. The third-order valence-electron chi connectivity index (χ3n) is 4.66. The fraction of sp³-hybridized carbons (Fsp3) is 0.417. The molecule has 5 nitrogen and oxygen atoms in total. The molecule has 0 aliphatic carbocycles. The summed E-state index contributed by atoms with van der Waals surface area (Å²) >= 11 is 0. The minimum atomic E-state index is -0.456. The number of halogens is 1. The highest BCUT2D eigenvalue weighted by molar-refractivity contribution is 6.04. The average Bonchev–Trinajstić information content (AvgIpc) is 2.66. The van der Waals surface area contributed by atoms with Gasteiger partial charge in [0.1, 0.15) is 5.82 Å². The third kappa shape index (κ3) is 6.31. The van der Waals surface area contributed by atoms with Gasteiger partial charge in [-0.3, -0.25) is 9.59 Å². The second kappa shape index (κ2) is 10.2. The number of nitrogens with one attached hydrogen (secondary N) is 1. The molecule has 0 bridgehead atoms. The molecule has 2 amide bonds. The van der Waals surface area contributed by atoms with Gasteiger partial charge < -0.3 is 15.1 Å². The Morgan fingerprint density at radius 1 is 1.03 bits per heavy atom. The van der Waals surface area contributed by atoms with Crippen LogP contribution in [0.5, 0.6) is 0 Å². The first-order valence-electron chi connectivity index (χ1n) is 10.2. The highest BCUT2D eigenvalue weighted by Gasteiger charge is 2.20. The number of hydrogen-bond acceptors (Lipinski definition) is 3. The Morgan fingerprint density at radius 3 is 2.30 bits per heavy atom. The SMILES string of the molecule is CC(C)CN(Cc1cc(NC(=O)c2cccc(F)c2)ccc1N(C)C)C(=O)C(C)C. The number of amides is 2. The molecule has 0 saturated carbocycles. The van der Waals surface area contributed by atoms with E-state index in [0.717, 1.165) is 11.3 Å². The summed E-state index contributed by atoms with van der Waals surface area (Å²) in [6.45, 7) is 9.08. The summed E-state index contributed by atoms with van der Waals surface area (Å²) in [6, 6.07) is 11.2. The lowest BCUT2D eigenvalue weighted by atomic mass is 10.1. The number of benzene rings is 2. The monoisotopic (exact) mass is 413 g/mol. The Bertz CT molecular complexity index is 894. The van der Waals surface area contributed by atoms with Crippen LogP contribution in [0.25, 0.3) is 0 Å². The van der Waals surface area contributed by atoms with E-state index in [1.807, 2.05) is 55.9 Å². The summed E-state index contributed by atoms with van der Waals surface area (Å²) in [5, 5.41) is 2.83. The highest BCUT2D eigenvalue weighted by atomic mass is 19.1. The quantitative estimate of drug-likeness (QED) is 0.677. The zero-order valence-corrected chi connectivity index (χ0v) is 18.7. The van der Waals surface area contributed by atoms with E-state index in [4.69, 9.17) is 0 Å². The molecule has 0 unspecified atom stereocenters. The Kier molecular flexibility index (Phi) is 7.98. The van der Waals surface area contributed by atoms with Crippen LogP contribution in [0.1, 0.15) is 43.6 Å². The van der Waals surface area contributed by atoms with Crippen LogP contribution in [-0.2, 0) is 11.3 Å². The highest BCUT2D eigenvalue weighted by Crippen LogP contribution is 2.26. The number of anilines is 2. The van der Waals surface area contributed by atoms with Crippen molar-refractivity contribution in [3.8, 4) is 0 Å². The van der Waals surface area contributed by atoms with Gasteiger partial charge in [-0.05, 0) is 47.9 Å². The molecule has 2 rings (SSSR count). The zero-order valence-electron chi connectivity index (χ0n) is 18.7. The minimum absolute atomic E-state index is 0.0950. The van der Waals surface area contributed by atoms with Crippen LogP contribution >= 0.6 is 0 Å². The van der Waals surface area contributed by atoms with Gasteiger partial charge in [0.05, 0.1) is 0 Å². The molecule has 0 heterocycles. The predicted octanol–water partition coefficient (Wildman–Crippen LogP) is 4.78. The van der Waals surface area contributed by atoms with Crippen LogP contribution in [0.15, 0.2) is 42.5 Å². The summed E-state index contributed by atoms with van der Waals surface area (Å²) in [7, 11) is 3.89. The van der Waals surface area contributed by atoms with E-state index in [1.165, 1.54) is 18.2 Å². The molecule has 162 valence electrons. The van der Waals surface area contributed by atoms with E-state index < -0.39 is 5.82 Å². The van der Waals surface area contributed by atoms with Crippen molar-refractivity contribution in [2.45, 2.75) is 34.2 Å². The van der Waals surface area contributed by atoms with Gasteiger partial charge in [0, 0.05) is 50.0 Å². The van der Waals surface area contributed by atoms with Gasteiger partial charge in [0.15, 0.2) is 0 Å². The summed E-state index contributed by atoms with van der Waals surface area (Å²) in [6.07, 6.45) is 0. The lowest BCUT2D eigenvalue weighted by Gasteiger charge is -2.29. The summed E-state index contributed by atoms with van der Waals surface area (Å²) < 4.78 is 13.4. The lowest BCUT2D eigenvalue weighted by Crippen LogP contribution is -2.36. The normalized spacial score (nSPS) is 11.0. The molecular formula is C24H32FN3O2. The van der Waals surface area contributed by atoms with E-state index in [-0.39, 0.29) is 23.3 Å². The zero-order chi connectivity index (χ0) is 22.4. The van der Waals surface area contributed by atoms with E-state index in [1.54, 1.807) is 6.07 Å². The molecule has 0 aliphatic heterocycles. The molecule has 2 aromatic carbocycles. The number of nitrogens with zero attached hydrogens (tertiary/aromatic N) is 2. The van der Waals surface area contributed by atoms with Crippen molar-refractivity contribution in [3.05, 3.63) is 59.4 Å². The second-order valence-electron chi connectivity index (χ2n) is 8.47. The summed E-state index contributed by atoms with van der Waals surface area (Å²) in [4.78, 5) is 29.1. The van der Waals surface area contributed by atoms with E-state index in [2.05, 4.69) is 19.2 Å². The van der Waals surface area contributed by atoms with Gasteiger partial charge in [-0.1, -0.05) is 33.8 Å². The van der Waals surface area contributed by atoms with E-state index in [0.29, 0.717) is 24.7 Å². The predicted molar refractivity (Wildman–Crippen MR) is 120 cm³/mol. The van der Waals surface area contributed by atoms with Gasteiger partial charge in [-0.15, -0.1) is 0 Å². The molecule has 0 aromatic heterocycles. The van der Waals surface area contributed by atoms with Crippen molar-refractivity contribution < 1.29 is 14.0 Å². The summed E-state index contributed by atoms with van der Waals surface area (Å²) in [5.74, 6) is -0.491. The number of carbonyl (C=O) groups excluding carboxylic acids is 2. The topological polar surface area (TPSA) is 52.7 Å². The Labute approximate surface area is 178 Å². The molecule has 0 atom stereocenters. The molecule has 0 saturated heterocycles. The van der Waals surface area contributed by atoms with Crippen molar-refractivity contribution in [1.82, 2.24) is 4.90 Å². The van der Waals surface area contributed by atoms with Crippen molar-refractivity contribution in [2.24, 2.45) is 11.8 Å². The fourth-order valence-corrected chi connectivity index (χ4v) is 3.30. The smallest absolute Gasteiger partial charge is 0.255 e. The Morgan fingerprint density at radius 2 is 1.73 bits per heavy atom. The van der Waals surface area contributed by atoms with Crippen molar-refractivity contribution in [2.75, 3.05) is 30.9 Å². The van der Waals surface area contributed by atoms with Crippen LogP contribution in [0.4, 0.5) is 15.8 Å². The number of rotatable bonds is 8. The first-order chi connectivity index (χ1) is 14.1. The van der Waals surface area contributed by atoms with Gasteiger partial charge in [-0.2, -0.15) is 0 Å². The lowest BCUT2D eigenvalue weighted by molar-refractivity contribution is -0.135. The van der Waals surface area contributed by atoms with Gasteiger partial charge in [0.25, 0.3) is 5.91 Å². The molecular weight excluding hydrogens is 381 g/mol. The van der Waals surface area contributed by atoms with Gasteiger partial charge in [-0.25, -0.2) is 4.39 Å². The van der Waals surface area contributed by atoms with Gasteiger partial charge >= 0.3 is 0 Å². The third-order valence-corrected chi connectivity index (χ3v) is 4.66. The molecule has 0 fully saturated rings. The second-order valence-corrected chi connectivity index (χ2v) is 8.47. The van der Waals surface area contributed by atoms with Crippen LogP contribution in [0.3, 0.4) is 0 Å². The average molecular weight is 414 g/mol. The number of hydrogen-bond donors (Lipinski definition) is 1. The van der Waals surface area contributed by atoms with E-state index in [9.17, 15) is 14.0 Å². The number of carbonyl (C=O) groups is 2. The molecule has 6 heteroatoms. The standard InChI is InChI=1S/C24H32FN3O2/c1-16(2)14-28(24(30)17(3)4)15-19-13-21(10-11-22(19)27(5)6)26-23(29)18-8-7-9-20(25)12-18/h7-13,16-17H,14-15H2,1-6H3,(H,26,29). The minimum Gasteiger partial charge on any atom is -0.377 e. The Balaban J connectivity index is 2.32. The first-order valence-corrected chi connectivity index (χ1v) is 10.2. The van der Waals surface area contributed by atoms with Crippen LogP contribution < -0.4 is 10.2 Å². The fourth-order valence-electron chi connectivity index (χ4n) is 3.30. The van der Waals surface area contributed by atoms with Crippen LogP contribution in [0.2, 0.25) is 0 Å². The first kappa shape index (κ1) is 23.4. The van der Waals surface area contributed by atoms with Crippen molar-refractivity contribution in [3.63, 3.8) is 0 Å². The molecule has 2 aromatic rings. The maximum Gasteiger partial charge on any atom is 0.255 e. The van der Waals surface area contributed by atoms with Crippen molar-refractivity contribution in [1.29, 1.82) is 0 Å². The molecule has 1 N–H and O–H groups in total. The van der Waals surface area contributed by atoms with Crippen molar-refractivity contribution >= 4 is 23.2 Å². The molecule has 0 spiro atoms. The summed E-state index contributed by atoms with van der Waals surface area (Å²) in [5.41, 5.74) is 2.77. The molecule has 0 radical (unpaired) electrons. The van der Waals surface area contributed by atoms with Crippen LogP contribution in [-0.4, -0.2) is 37.4 Å². The maximum absolute atomic E-state index is 13.4. The largest absolute Gasteiger partial charge is 0.377 e. The Hall–Kier alpha value is -2.89.